The average molecular weight is 612 g/mol. The highest BCUT2D eigenvalue weighted by molar-refractivity contribution is 6.13. The number of aryl methyl sites for hydroxylation is 2. The number of methoxy groups -OCH3 is 1. The van der Waals surface area contributed by atoms with Crippen molar-refractivity contribution >= 4 is 35.1 Å². The zero-order valence-corrected chi connectivity index (χ0v) is 25.5. The van der Waals surface area contributed by atoms with Crippen LogP contribution in [0.5, 0.6) is 5.88 Å². The Kier molecular flexibility index (Phi) is 7.15. The maximum atomic E-state index is 13.0. The molecule has 0 aromatic carbocycles. The van der Waals surface area contributed by atoms with Gasteiger partial charge in [-0.15, -0.1) is 0 Å². The fraction of sp³-hybridized carbons (Fsp3) is 0.419. The van der Waals surface area contributed by atoms with Gasteiger partial charge >= 0.3 is 6.03 Å². The molecule has 1 aliphatic heterocycles. The summed E-state index contributed by atoms with van der Waals surface area (Å²) in [5.74, 6) is 0.703. The number of anilines is 2. The fourth-order valence-electron chi connectivity index (χ4n) is 5.52. The summed E-state index contributed by atoms with van der Waals surface area (Å²) >= 11 is 0. The summed E-state index contributed by atoms with van der Waals surface area (Å²) in [4.78, 5) is 63.2. The molecule has 0 spiro atoms. The molecule has 2 aliphatic carbocycles. The van der Waals surface area contributed by atoms with Gasteiger partial charge in [-0.1, -0.05) is 0 Å². The number of fused-ring (bicyclic) bond motifs is 1. The van der Waals surface area contributed by atoms with Crippen molar-refractivity contribution in [2.45, 2.75) is 58.2 Å². The summed E-state index contributed by atoms with van der Waals surface area (Å²) < 4.78 is 13.3. The number of aromatic nitrogens is 6. The fourth-order valence-corrected chi connectivity index (χ4v) is 5.52. The van der Waals surface area contributed by atoms with Gasteiger partial charge in [0.15, 0.2) is 5.65 Å². The SMILES string of the molecule is COCc1cnc(NC(=O)[C@H]2C[C@@H]2c2ncc(C)c(C)n2)nc1OCc1cn2cc(C3CC3)cc(N3CC(=O)N(C)C3=O)c2n1. The van der Waals surface area contributed by atoms with Crippen molar-refractivity contribution in [3.05, 3.63) is 64.8 Å². The number of nitrogens with one attached hydrogen (secondary N) is 1. The number of hydrogen-bond acceptors (Lipinski definition) is 10. The van der Waals surface area contributed by atoms with Gasteiger partial charge in [-0.25, -0.2) is 24.7 Å². The molecule has 232 valence electrons. The second-order valence-electron chi connectivity index (χ2n) is 11.9. The summed E-state index contributed by atoms with van der Waals surface area (Å²) in [6.07, 6.45) is 10.0. The summed E-state index contributed by atoms with van der Waals surface area (Å²) in [6.45, 7) is 4.11. The number of likely N-dealkylation sites (N-methyl/N-ethyl adjacent to an activating group) is 1. The van der Waals surface area contributed by atoms with E-state index >= 15 is 0 Å². The Morgan fingerprint density at radius 1 is 1.07 bits per heavy atom. The molecule has 1 saturated heterocycles. The molecular weight excluding hydrogens is 578 g/mol. The van der Waals surface area contributed by atoms with Crippen LogP contribution in [-0.4, -0.2) is 72.8 Å². The van der Waals surface area contributed by atoms with E-state index in [0.717, 1.165) is 34.6 Å². The van der Waals surface area contributed by atoms with Gasteiger partial charge < -0.3 is 13.9 Å². The zero-order chi connectivity index (χ0) is 31.4. The molecule has 2 atom stereocenters. The maximum Gasteiger partial charge on any atom is 0.331 e. The van der Waals surface area contributed by atoms with E-state index < -0.39 is 0 Å². The monoisotopic (exact) mass is 611 g/mol. The van der Waals surface area contributed by atoms with Gasteiger partial charge in [-0.2, -0.15) is 4.98 Å². The number of ether oxygens (including phenoxy) is 2. The van der Waals surface area contributed by atoms with Crippen molar-refractivity contribution in [2.75, 3.05) is 30.9 Å². The number of nitrogens with zero attached hydrogens (tertiary/aromatic N) is 8. The van der Waals surface area contributed by atoms with Crippen LogP contribution in [0.1, 0.15) is 65.0 Å². The molecule has 2 saturated carbocycles. The topological polar surface area (TPSA) is 157 Å². The number of amides is 4. The Morgan fingerprint density at radius 2 is 1.89 bits per heavy atom. The van der Waals surface area contributed by atoms with Gasteiger partial charge in [0.2, 0.25) is 23.6 Å². The first-order valence-electron chi connectivity index (χ1n) is 14.9. The van der Waals surface area contributed by atoms with Crippen LogP contribution in [0.25, 0.3) is 5.65 Å². The van der Waals surface area contributed by atoms with Crippen LogP contribution in [0.3, 0.4) is 0 Å². The minimum Gasteiger partial charge on any atom is -0.471 e. The third kappa shape index (κ3) is 5.57. The minimum absolute atomic E-state index is 0.0348. The molecule has 4 aromatic heterocycles. The second-order valence-corrected chi connectivity index (χ2v) is 11.9. The van der Waals surface area contributed by atoms with E-state index in [1.807, 2.05) is 36.7 Å². The van der Waals surface area contributed by atoms with E-state index in [-0.39, 0.29) is 61.3 Å². The van der Waals surface area contributed by atoms with Gasteiger partial charge in [0.05, 0.1) is 23.6 Å². The second kappa shape index (κ2) is 11.2. The predicted molar refractivity (Wildman–Crippen MR) is 161 cm³/mol. The number of urea groups is 1. The minimum atomic E-state index is -0.380. The molecule has 14 heteroatoms. The molecule has 3 fully saturated rings. The van der Waals surface area contributed by atoms with Gasteiger partial charge in [0.25, 0.3) is 0 Å². The molecule has 0 unspecified atom stereocenters. The molecule has 45 heavy (non-hydrogen) atoms. The molecular formula is C31H33N9O5. The van der Waals surface area contributed by atoms with E-state index in [9.17, 15) is 14.4 Å². The number of hydrogen-bond donors (Lipinski definition) is 1. The third-order valence-corrected chi connectivity index (χ3v) is 8.55. The Labute approximate surface area is 258 Å². The highest BCUT2D eigenvalue weighted by atomic mass is 16.5. The normalized spacial score (nSPS) is 19.5. The van der Waals surface area contributed by atoms with E-state index in [0.29, 0.717) is 40.8 Å². The number of carbonyl (C=O) groups excluding carboxylic acids is 3. The summed E-state index contributed by atoms with van der Waals surface area (Å²) in [5.41, 5.74) is 5.35. The Morgan fingerprint density at radius 3 is 2.60 bits per heavy atom. The van der Waals surface area contributed by atoms with Crippen molar-refractivity contribution in [1.82, 2.24) is 34.2 Å². The molecule has 0 bridgehead atoms. The first-order chi connectivity index (χ1) is 21.7. The molecule has 3 aliphatic rings. The van der Waals surface area contributed by atoms with Crippen LogP contribution in [0.15, 0.2) is 30.9 Å². The van der Waals surface area contributed by atoms with Crippen LogP contribution in [-0.2, 0) is 27.5 Å². The van der Waals surface area contributed by atoms with Gasteiger partial charge in [0, 0.05) is 56.5 Å². The largest absolute Gasteiger partial charge is 0.471 e. The summed E-state index contributed by atoms with van der Waals surface area (Å²) in [7, 11) is 3.04. The number of imidazole rings is 1. The summed E-state index contributed by atoms with van der Waals surface area (Å²) in [6, 6.07) is 1.58. The quantitative estimate of drug-likeness (QED) is 0.264. The smallest absolute Gasteiger partial charge is 0.331 e. The number of imide groups is 1. The number of carbonyl (C=O) groups is 3. The van der Waals surface area contributed by atoms with E-state index in [1.54, 1.807) is 19.5 Å². The number of rotatable bonds is 10. The van der Waals surface area contributed by atoms with Gasteiger partial charge in [0.1, 0.15) is 19.0 Å². The number of pyridine rings is 1. The molecule has 1 N–H and O–H groups in total. The highest BCUT2D eigenvalue weighted by Crippen LogP contribution is 2.46. The first-order valence-corrected chi connectivity index (χ1v) is 14.9. The highest BCUT2D eigenvalue weighted by Gasteiger charge is 2.46. The molecule has 7 rings (SSSR count). The molecule has 4 aromatic rings. The molecule has 14 nitrogen and oxygen atoms in total. The van der Waals surface area contributed by atoms with Crippen molar-refractivity contribution < 1.29 is 23.9 Å². The Hall–Kier alpha value is -4.98. The maximum absolute atomic E-state index is 13.0. The van der Waals surface area contributed by atoms with E-state index in [2.05, 4.69) is 25.3 Å². The molecule has 4 amide bonds. The van der Waals surface area contributed by atoms with Crippen LogP contribution in [0.2, 0.25) is 0 Å². The van der Waals surface area contributed by atoms with Crippen molar-refractivity contribution in [2.24, 2.45) is 5.92 Å². The lowest BCUT2D eigenvalue weighted by Gasteiger charge is -2.17. The van der Waals surface area contributed by atoms with Crippen molar-refractivity contribution in [1.29, 1.82) is 0 Å². The Bertz CT molecular complexity index is 1850. The van der Waals surface area contributed by atoms with Crippen molar-refractivity contribution in [3.63, 3.8) is 0 Å². The lowest BCUT2D eigenvalue weighted by Crippen LogP contribution is -2.30. The zero-order valence-electron chi connectivity index (χ0n) is 25.5. The van der Waals surface area contributed by atoms with Crippen LogP contribution >= 0.6 is 0 Å². The van der Waals surface area contributed by atoms with Crippen molar-refractivity contribution in [3.8, 4) is 5.88 Å². The van der Waals surface area contributed by atoms with Crippen LogP contribution in [0.4, 0.5) is 16.4 Å². The molecule has 5 heterocycles. The Balaban J connectivity index is 1.09. The molecule has 0 radical (unpaired) electrons. The van der Waals surface area contributed by atoms with Crippen LogP contribution < -0.4 is 15.0 Å². The van der Waals surface area contributed by atoms with Crippen LogP contribution in [0, 0.1) is 19.8 Å². The lowest BCUT2D eigenvalue weighted by molar-refractivity contribution is -0.124. The van der Waals surface area contributed by atoms with Gasteiger partial charge in [-0.05, 0) is 56.2 Å². The van der Waals surface area contributed by atoms with Gasteiger partial charge in [-0.3, -0.25) is 24.7 Å². The lowest BCUT2D eigenvalue weighted by atomic mass is 10.1. The van der Waals surface area contributed by atoms with E-state index in [1.165, 1.54) is 11.9 Å². The average Bonchev–Trinajstić information content (AvgIpc) is 3.95. The first kappa shape index (κ1) is 28.8. The standard InChI is InChI=1S/C31H33N9O5/c1-16-9-32-26(34-17(16)2)22-8-23(22)28(42)36-30-33-10-20(14-44-4)29(37-30)45-15-21-12-39-11-19(18-5-6-18)7-24(27(39)35-21)40-13-25(41)38(3)31(40)43/h7,9-12,18,22-23H,5-6,8,13-15H2,1-4H3,(H,33,36,37,42)/t22-,23-/m0/s1. The van der Waals surface area contributed by atoms with E-state index in [4.69, 9.17) is 14.5 Å². The third-order valence-electron chi connectivity index (χ3n) is 8.55. The predicted octanol–water partition coefficient (Wildman–Crippen LogP) is 3.27. The summed E-state index contributed by atoms with van der Waals surface area (Å²) in [5, 5.41) is 2.81.